The van der Waals surface area contributed by atoms with E-state index in [2.05, 4.69) is 28.8 Å². The van der Waals surface area contributed by atoms with E-state index in [-0.39, 0.29) is 0 Å². The lowest BCUT2D eigenvalue weighted by Crippen LogP contribution is -2.34. The molecule has 0 saturated heterocycles. The topological polar surface area (TPSA) is 44.3 Å². The zero-order chi connectivity index (χ0) is 11.6. The summed E-state index contributed by atoms with van der Waals surface area (Å²) >= 11 is 0. The quantitative estimate of drug-likeness (QED) is 0.721. The van der Waals surface area contributed by atoms with Crippen molar-refractivity contribution in [2.45, 2.75) is 32.4 Å². The summed E-state index contributed by atoms with van der Waals surface area (Å²) in [4.78, 5) is 0. The first-order chi connectivity index (χ1) is 7.56. The predicted molar refractivity (Wildman–Crippen MR) is 66.6 cm³/mol. The average Bonchev–Trinajstić information content (AvgIpc) is 2.64. The molecule has 88 valence electrons. The van der Waals surface area contributed by atoms with Crippen LogP contribution < -0.4 is 10.6 Å². The summed E-state index contributed by atoms with van der Waals surface area (Å²) in [5.41, 5.74) is 3.33. The molecule has 1 heterocycles. The fraction of sp³-hybridized carbons (Fsp3) is 0.538. The molecule has 16 heavy (non-hydrogen) atoms. The largest absolute Gasteiger partial charge is 0.389 e. The van der Waals surface area contributed by atoms with E-state index in [1.165, 1.54) is 16.8 Å². The summed E-state index contributed by atoms with van der Waals surface area (Å²) in [5, 5.41) is 16.3. The maximum atomic E-state index is 9.61. The minimum atomic E-state index is -0.647. The van der Waals surface area contributed by atoms with Crippen LogP contribution in [0.4, 0.5) is 5.69 Å². The molecule has 0 spiro atoms. The molecule has 0 aliphatic carbocycles. The second-order valence-corrected chi connectivity index (χ2v) is 5.04. The molecule has 0 saturated carbocycles. The number of hydrogen-bond donors (Lipinski definition) is 3. The monoisotopic (exact) mass is 220 g/mol. The zero-order valence-corrected chi connectivity index (χ0v) is 10.0. The maximum Gasteiger partial charge on any atom is 0.0715 e. The summed E-state index contributed by atoms with van der Waals surface area (Å²) in [6, 6.07) is 6.41. The molecule has 1 aromatic rings. The van der Waals surface area contributed by atoms with Gasteiger partial charge in [0.25, 0.3) is 0 Å². The molecule has 0 fully saturated rings. The molecule has 0 atom stereocenters. The first-order valence-corrected chi connectivity index (χ1v) is 5.84. The van der Waals surface area contributed by atoms with Gasteiger partial charge in [-0.15, -0.1) is 0 Å². The van der Waals surface area contributed by atoms with Crippen molar-refractivity contribution in [3.63, 3.8) is 0 Å². The van der Waals surface area contributed by atoms with Gasteiger partial charge in [0.05, 0.1) is 5.60 Å². The molecule has 0 bridgehead atoms. The average molecular weight is 220 g/mol. The Kier molecular flexibility index (Phi) is 3.17. The lowest BCUT2D eigenvalue weighted by Gasteiger charge is -2.18. The Balaban J connectivity index is 1.98. The van der Waals surface area contributed by atoms with Gasteiger partial charge in [-0.2, -0.15) is 0 Å². The van der Waals surface area contributed by atoms with Gasteiger partial charge >= 0.3 is 0 Å². The van der Waals surface area contributed by atoms with Gasteiger partial charge in [0.15, 0.2) is 0 Å². The van der Waals surface area contributed by atoms with Crippen molar-refractivity contribution in [2.24, 2.45) is 0 Å². The van der Waals surface area contributed by atoms with Crippen molar-refractivity contribution in [1.29, 1.82) is 0 Å². The Morgan fingerprint density at radius 1 is 1.44 bits per heavy atom. The van der Waals surface area contributed by atoms with Crippen LogP contribution in [0.5, 0.6) is 0 Å². The number of benzene rings is 1. The molecule has 0 aromatic heterocycles. The highest BCUT2D eigenvalue weighted by atomic mass is 16.3. The Morgan fingerprint density at radius 3 is 3.00 bits per heavy atom. The van der Waals surface area contributed by atoms with Gasteiger partial charge in [-0.05, 0) is 31.4 Å². The van der Waals surface area contributed by atoms with E-state index in [9.17, 15) is 5.11 Å². The Labute approximate surface area is 96.9 Å². The van der Waals surface area contributed by atoms with E-state index in [1.807, 2.05) is 13.8 Å². The second-order valence-electron chi connectivity index (χ2n) is 5.04. The van der Waals surface area contributed by atoms with Gasteiger partial charge < -0.3 is 15.7 Å². The Morgan fingerprint density at radius 2 is 2.25 bits per heavy atom. The van der Waals surface area contributed by atoms with E-state index in [4.69, 9.17) is 0 Å². The molecule has 3 N–H and O–H groups in total. The van der Waals surface area contributed by atoms with Crippen LogP contribution in [0.25, 0.3) is 0 Å². The van der Waals surface area contributed by atoms with Gasteiger partial charge in [-0.1, -0.05) is 18.2 Å². The summed E-state index contributed by atoms with van der Waals surface area (Å²) < 4.78 is 0. The van der Waals surface area contributed by atoms with E-state index in [0.717, 1.165) is 19.5 Å². The van der Waals surface area contributed by atoms with Crippen LogP contribution in [-0.4, -0.2) is 23.8 Å². The maximum absolute atomic E-state index is 9.61. The highest BCUT2D eigenvalue weighted by Crippen LogP contribution is 2.26. The zero-order valence-electron chi connectivity index (χ0n) is 10.0. The summed E-state index contributed by atoms with van der Waals surface area (Å²) in [7, 11) is 0. The standard InChI is InChI=1S/C13H20N2O/c1-13(2,16)9-14-8-11-5-3-4-10-6-7-15-12(10)11/h3-5,14-16H,6-9H2,1-2H3. The highest BCUT2D eigenvalue weighted by Gasteiger charge is 2.15. The van der Waals surface area contributed by atoms with Crippen molar-refractivity contribution in [3.8, 4) is 0 Å². The van der Waals surface area contributed by atoms with E-state index < -0.39 is 5.60 Å². The molecule has 0 radical (unpaired) electrons. The number of rotatable bonds is 4. The molecular weight excluding hydrogens is 200 g/mol. The minimum Gasteiger partial charge on any atom is -0.389 e. The molecule has 0 amide bonds. The van der Waals surface area contributed by atoms with Gasteiger partial charge in [0.1, 0.15) is 0 Å². The molecule has 0 unspecified atom stereocenters. The van der Waals surface area contributed by atoms with Crippen LogP contribution in [0.3, 0.4) is 0 Å². The third-order valence-corrected chi connectivity index (χ3v) is 2.81. The number of fused-ring (bicyclic) bond motifs is 1. The summed E-state index contributed by atoms with van der Waals surface area (Å²) in [6.45, 7) is 6.08. The smallest absolute Gasteiger partial charge is 0.0715 e. The van der Waals surface area contributed by atoms with Crippen LogP contribution in [0, 0.1) is 0 Å². The number of anilines is 1. The molecular formula is C13H20N2O. The normalized spacial score (nSPS) is 14.7. The lowest BCUT2D eigenvalue weighted by atomic mass is 10.1. The van der Waals surface area contributed by atoms with Crippen molar-refractivity contribution >= 4 is 5.69 Å². The van der Waals surface area contributed by atoms with E-state index >= 15 is 0 Å². The van der Waals surface area contributed by atoms with Crippen molar-refractivity contribution < 1.29 is 5.11 Å². The SMILES string of the molecule is CC(C)(O)CNCc1cccc2c1NCC2. The third kappa shape index (κ3) is 2.74. The van der Waals surface area contributed by atoms with Crippen molar-refractivity contribution in [3.05, 3.63) is 29.3 Å². The third-order valence-electron chi connectivity index (χ3n) is 2.81. The van der Waals surface area contributed by atoms with Crippen LogP contribution >= 0.6 is 0 Å². The molecule has 3 heteroatoms. The van der Waals surface area contributed by atoms with Crippen molar-refractivity contribution in [2.75, 3.05) is 18.4 Å². The minimum absolute atomic E-state index is 0.608. The predicted octanol–water partition coefficient (Wildman–Crippen LogP) is 1.52. The molecule has 1 aliphatic heterocycles. The number of nitrogens with one attached hydrogen (secondary N) is 2. The van der Waals surface area contributed by atoms with Gasteiger partial charge in [-0.3, -0.25) is 0 Å². The summed E-state index contributed by atoms with van der Waals surface area (Å²) in [5.74, 6) is 0. The van der Waals surface area contributed by atoms with Crippen LogP contribution in [0.1, 0.15) is 25.0 Å². The first kappa shape index (κ1) is 11.4. The molecule has 1 aliphatic rings. The fourth-order valence-corrected chi connectivity index (χ4v) is 2.06. The summed E-state index contributed by atoms with van der Waals surface area (Å²) in [6.07, 6.45) is 1.12. The molecule has 3 nitrogen and oxygen atoms in total. The number of para-hydroxylation sites is 1. The van der Waals surface area contributed by atoms with Gasteiger partial charge in [0.2, 0.25) is 0 Å². The van der Waals surface area contributed by atoms with E-state index in [1.54, 1.807) is 0 Å². The molecule has 1 aromatic carbocycles. The first-order valence-electron chi connectivity index (χ1n) is 5.84. The fourth-order valence-electron chi connectivity index (χ4n) is 2.06. The second kappa shape index (κ2) is 4.44. The van der Waals surface area contributed by atoms with Gasteiger partial charge in [0, 0.05) is 25.3 Å². The van der Waals surface area contributed by atoms with Crippen LogP contribution in [-0.2, 0) is 13.0 Å². The highest BCUT2D eigenvalue weighted by molar-refractivity contribution is 5.61. The Hall–Kier alpha value is -1.06. The van der Waals surface area contributed by atoms with Gasteiger partial charge in [-0.25, -0.2) is 0 Å². The van der Waals surface area contributed by atoms with Crippen molar-refractivity contribution in [1.82, 2.24) is 5.32 Å². The van der Waals surface area contributed by atoms with E-state index in [0.29, 0.717) is 6.54 Å². The Bertz CT molecular complexity index is 369. The van der Waals surface area contributed by atoms with Crippen LogP contribution in [0.2, 0.25) is 0 Å². The van der Waals surface area contributed by atoms with Crippen LogP contribution in [0.15, 0.2) is 18.2 Å². The lowest BCUT2D eigenvalue weighted by molar-refractivity contribution is 0.0795. The molecule has 2 rings (SSSR count). The number of aliphatic hydroxyl groups is 1. The number of hydrogen-bond acceptors (Lipinski definition) is 3.